The monoisotopic (exact) mass is 515 g/mol. The molecule has 4 heterocycles. The molecular formula is C24H26ClN5O4S. The van der Waals surface area contributed by atoms with Gasteiger partial charge in [-0.05, 0) is 44.4 Å². The Morgan fingerprint density at radius 1 is 1.26 bits per heavy atom. The molecule has 1 spiro atoms. The quantitative estimate of drug-likeness (QED) is 0.369. The molecule has 184 valence electrons. The van der Waals surface area contributed by atoms with Crippen molar-refractivity contribution in [2.75, 3.05) is 28.7 Å². The predicted molar refractivity (Wildman–Crippen MR) is 136 cm³/mol. The van der Waals surface area contributed by atoms with Gasteiger partial charge in [-0.25, -0.2) is 4.98 Å². The first kappa shape index (κ1) is 23.9. The number of benzene rings is 1. The first-order valence-corrected chi connectivity index (χ1v) is 13.4. The first-order valence-electron chi connectivity index (χ1n) is 11.1. The number of rotatable bonds is 2. The van der Waals surface area contributed by atoms with E-state index >= 15 is 0 Å². The Balaban J connectivity index is 1.57. The average Bonchev–Trinajstić information content (AvgIpc) is 3.39. The molecule has 2 aromatic heterocycles. The molecule has 0 bridgehead atoms. The zero-order chi connectivity index (χ0) is 25.0. The van der Waals surface area contributed by atoms with Crippen LogP contribution < -0.4 is 10.6 Å². The van der Waals surface area contributed by atoms with Crippen LogP contribution in [0, 0.1) is 18.8 Å². The molecular weight excluding hydrogens is 490 g/mol. The van der Waals surface area contributed by atoms with Gasteiger partial charge in [-0.1, -0.05) is 34.7 Å². The van der Waals surface area contributed by atoms with Crippen LogP contribution in [0.2, 0.25) is 5.02 Å². The van der Waals surface area contributed by atoms with E-state index in [0.29, 0.717) is 58.8 Å². The summed E-state index contributed by atoms with van der Waals surface area (Å²) in [6.45, 7) is 3.89. The molecule has 11 heteroatoms. The van der Waals surface area contributed by atoms with Crippen LogP contribution in [-0.2, 0) is 11.0 Å². The highest BCUT2D eigenvalue weighted by Crippen LogP contribution is 2.57. The van der Waals surface area contributed by atoms with Crippen molar-refractivity contribution in [3.8, 4) is 11.8 Å². The van der Waals surface area contributed by atoms with Gasteiger partial charge in [0.1, 0.15) is 16.5 Å². The summed E-state index contributed by atoms with van der Waals surface area (Å²) in [7, 11) is -2.56. The van der Waals surface area contributed by atoms with E-state index in [1.165, 1.54) is 6.20 Å². The van der Waals surface area contributed by atoms with E-state index in [4.69, 9.17) is 21.9 Å². The molecule has 0 radical (unpaired) electrons. The lowest BCUT2D eigenvalue weighted by molar-refractivity contribution is 0.112. The van der Waals surface area contributed by atoms with Gasteiger partial charge in [0.15, 0.2) is 11.4 Å². The summed E-state index contributed by atoms with van der Waals surface area (Å²) < 4.78 is 25.5. The molecule has 5 N–H and O–H groups in total. The fourth-order valence-electron chi connectivity index (χ4n) is 4.73. The molecule has 3 aromatic rings. The van der Waals surface area contributed by atoms with Crippen molar-refractivity contribution in [1.82, 2.24) is 15.1 Å². The normalized spacial score (nSPS) is 20.6. The summed E-state index contributed by atoms with van der Waals surface area (Å²) in [6.07, 6.45) is 2.73. The highest BCUT2D eigenvalue weighted by Gasteiger charge is 2.47. The predicted octanol–water partition coefficient (Wildman–Crippen LogP) is 4.20. The van der Waals surface area contributed by atoms with Gasteiger partial charge >= 0.3 is 0 Å². The summed E-state index contributed by atoms with van der Waals surface area (Å²) >= 11 is 6.47. The molecule has 1 unspecified atom stereocenters. The molecule has 35 heavy (non-hydrogen) atoms. The number of aromatic nitrogens is 3. The van der Waals surface area contributed by atoms with Crippen LogP contribution >= 0.6 is 22.2 Å². The van der Waals surface area contributed by atoms with Crippen molar-refractivity contribution in [2.24, 2.45) is 0 Å². The van der Waals surface area contributed by atoms with Crippen LogP contribution in [0.25, 0.3) is 0 Å². The summed E-state index contributed by atoms with van der Waals surface area (Å²) in [6, 6.07) is 7.51. The van der Waals surface area contributed by atoms with E-state index in [1.54, 1.807) is 19.9 Å². The second kappa shape index (κ2) is 8.40. The summed E-state index contributed by atoms with van der Waals surface area (Å²) in [5.41, 5.74) is 7.07. The van der Waals surface area contributed by atoms with Crippen molar-refractivity contribution in [3.05, 3.63) is 58.1 Å². The summed E-state index contributed by atoms with van der Waals surface area (Å²) in [5, 5.41) is 15.0. The van der Waals surface area contributed by atoms with Gasteiger partial charge in [-0.2, -0.15) is 15.6 Å². The van der Waals surface area contributed by atoms with Gasteiger partial charge < -0.3 is 20.3 Å². The maximum atomic E-state index is 10.8. The Bertz CT molecular complexity index is 1350. The second-order valence-electron chi connectivity index (χ2n) is 9.35. The Morgan fingerprint density at radius 2 is 2.00 bits per heavy atom. The molecule has 1 saturated heterocycles. The minimum absolute atomic E-state index is 0.111. The van der Waals surface area contributed by atoms with Crippen molar-refractivity contribution in [1.29, 1.82) is 0 Å². The van der Waals surface area contributed by atoms with Gasteiger partial charge in [-0.15, -0.1) is 0 Å². The lowest BCUT2D eigenvalue weighted by Gasteiger charge is -2.44. The second-order valence-corrected chi connectivity index (χ2v) is 12.2. The van der Waals surface area contributed by atoms with Crippen molar-refractivity contribution in [3.63, 3.8) is 0 Å². The van der Waals surface area contributed by atoms with E-state index in [0.717, 1.165) is 11.3 Å². The first-order chi connectivity index (χ1) is 16.5. The maximum absolute atomic E-state index is 10.8. The third-order valence-corrected chi connectivity index (χ3v) is 8.70. The Hall–Kier alpha value is -2.81. The third-order valence-electron chi connectivity index (χ3n) is 6.71. The maximum Gasteiger partial charge on any atom is 0.222 e. The number of anilines is 3. The van der Waals surface area contributed by atoms with Gasteiger partial charge in [0.2, 0.25) is 5.95 Å². The van der Waals surface area contributed by atoms with Crippen LogP contribution in [0.4, 0.5) is 17.5 Å². The number of nitrogens with zero attached hydrogens (tertiary/aromatic N) is 4. The van der Waals surface area contributed by atoms with E-state index in [9.17, 15) is 14.2 Å². The van der Waals surface area contributed by atoms with E-state index in [2.05, 4.69) is 27.0 Å². The number of hydrogen-bond donors (Lipinski definition) is 4. The molecule has 2 aliphatic heterocycles. The standard InChI is InChI=1S/C24H26ClN5O4S/c1-15-11-20(29-34-15)23(2,31)6-5-16-3-4-17-19(12-16)30(21-18(25)13-27-22(26)28-21)14-24(17)7-9-35(32,33)10-8-24/h3-4,11-13,31-33H,7-10,14H2,1-2H3,(H2,26,27,28). The van der Waals surface area contributed by atoms with Crippen LogP contribution in [0.1, 0.15) is 42.3 Å². The Kier molecular flexibility index (Phi) is 5.74. The van der Waals surface area contributed by atoms with E-state index in [1.807, 2.05) is 23.1 Å². The molecule has 1 fully saturated rings. The number of fused-ring (bicyclic) bond motifs is 2. The van der Waals surface area contributed by atoms with Crippen LogP contribution in [0.5, 0.6) is 0 Å². The molecule has 0 amide bonds. The molecule has 5 rings (SSSR count). The zero-order valence-corrected chi connectivity index (χ0v) is 20.9. The number of aliphatic hydroxyl groups is 1. The topological polar surface area (TPSA) is 142 Å². The van der Waals surface area contributed by atoms with Gasteiger partial charge in [0.25, 0.3) is 0 Å². The minimum atomic E-state index is -2.56. The largest absolute Gasteiger partial charge is 0.372 e. The van der Waals surface area contributed by atoms with Crippen LogP contribution in [-0.4, -0.2) is 47.4 Å². The van der Waals surface area contributed by atoms with Crippen molar-refractivity contribution in [2.45, 2.75) is 37.7 Å². The number of nitrogen functional groups attached to an aromatic ring is 1. The number of halogens is 1. The van der Waals surface area contributed by atoms with Crippen molar-refractivity contribution >= 4 is 39.6 Å². The Morgan fingerprint density at radius 3 is 2.69 bits per heavy atom. The molecule has 0 aliphatic carbocycles. The summed E-state index contributed by atoms with van der Waals surface area (Å²) in [5.74, 6) is 7.82. The number of hydrogen-bond acceptors (Lipinski definition) is 9. The molecule has 0 saturated carbocycles. The summed E-state index contributed by atoms with van der Waals surface area (Å²) in [4.78, 5) is 10.4. The fourth-order valence-corrected chi connectivity index (χ4v) is 6.56. The smallest absolute Gasteiger partial charge is 0.222 e. The van der Waals surface area contributed by atoms with Gasteiger partial charge in [-0.3, -0.25) is 9.11 Å². The van der Waals surface area contributed by atoms with Crippen LogP contribution in [0.15, 0.2) is 35.0 Å². The van der Waals surface area contributed by atoms with E-state index < -0.39 is 16.2 Å². The Labute approximate surface area is 209 Å². The molecule has 2 aliphatic rings. The lowest BCUT2D eigenvalue weighted by atomic mass is 9.77. The molecule has 1 atom stereocenters. The fraction of sp³-hybridized carbons (Fsp3) is 0.375. The van der Waals surface area contributed by atoms with Crippen molar-refractivity contribution < 1.29 is 18.7 Å². The minimum Gasteiger partial charge on any atom is -0.372 e. The van der Waals surface area contributed by atoms with Gasteiger partial charge in [0.05, 0.1) is 6.20 Å². The zero-order valence-electron chi connectivity index (χ0n) is 19.3. The highest BCUT2D eigenvalue weighted by atomic mass is 35.5. The number of nitrogens with two attached hydrogens (primary N) is 1. The molecule has 9 nitrogen and oxygen atoms in total. The number of aryl methyl sites for hydroxylation is 1. The highest BCUT2D eigenvalue weighted by molar-refractivity contribution is 8.24. The lowest BCUT2D eigenvalue weighted by Crippen LogP contribution is -2.39. The third kappa shape index (κ3) is 4.46. The van der Waals surface area contributed by atoms with Crippen LogP contribution in [0.3, 0.4) is 0 Å². The SMILES string of the molecule is Cc1cc(C(C)(O)C#Cc2ccc3c(c2)N(c2nc(N)ncc2Cl)CC32CCS(O)(O)CC2)no1. The average molecular weight is 516 g/mol. The molecule has 1 aromatic carbocycles. The van der Waals surface area contributed by atoms with E-state index in [-0.39, 0.29) is 11.4 Å². The van der Waals surface area contributed by atoms with Gasteiger partial charge in [0, 0.05) is 40.8 Å².